The fourth-order valence-corrected chi connectivity index (χ4v) is 5.95. The number of benzene rings is 1. The van der Waals surface area contributed by atoms with Crippen LogP contribution in [0.25, 0.3) is 10.6 Å². The van der Waals surface area contributed by atoms with Crippen molar-refractivity contribution in [3.8, 4) is 10.6 Å². The van der Waals surface area contributed by atoms with Gasteiger partial charge in [0.1, 0.15) is 15.7 Å². The first-order valence-electron chi connectivity index (χ1n) is 12.4. The van der Waals surface area contributed by atoms with Gasteiger partial charge >= 0.3 is 0 Å². The minimum atomic E-state index is -0.291. The second kappa shape index (κ2) is 11.3. The number of nitrogens with one attached hydrogen (secondary N) is 1. The predicted molar refractivity (Wildman–Crippen MR) is 134 cm³/mol. The van der Waals surface area contributed by atoms with E-state index in [-0.39, 0.29) is 29.5 Å². The van der Waals surface area contributed by atoms with Crippen LogP contribution in [-0.4, -0.2) is 41.3 Å². The van der Waals surface area contributed by atoms with Crippen LogP contribution in [0.2, 0.25) is 0 Å². The molecule has 2 amide bonds. The smallest absolute Gasteiger partial charge is 0.265 e. The standard InChI is InChI=1S/C27H34FN3O2S/c1-18(25(32)29-15-12-20-6-4-3-5-7-20)21-13-16-31(17-14-21)27(33)24-19(2)30-26(34-24)22-8-10-23(28)11-9-22/h6,8-11,18,21H,3-5,7,12-17H2,1-2H3,(H,29,32)/t18-/m1/s1. The van der Waals surface area contributed by atoms with Crippen LogP contribution in [0.1, 0.15) is 67.2 Å². The Kier molecular flexibility index (Phi) is 8.14. The largest absolute Gasteiger partial charge is 0.356 e. The number of aromatic nitrogens is 1. The third-order valence-electron chi connectivity index (χ3n) is 7.16. The Morgan fingerprint density at radius 3 is 2.62 bits per heavy atom. The van der Waals surface area contributed by atoms with Crippen molar-refractivity contribution in [1.29, 1.82) is 0 Å². The summed E-state index contributed by atoms with van der Waals surface area (Å²) in [5.74, 6) is 0.0758. The number of hydrogen-bond donors (Lipinski definition) is 1. The van der Waals surface area contributed by atoms with E-state index in [0.717, 1.165) is 29.8 Å². The maximum Gasteiger partial charge on any atom is 0.265 e. The summed E-state index contributed by atoms with van der Waals surface area (Å²) in [5, 5.41) is 3.85. The molecule has 1 fully saturated rings. The van der Waals surface area contributed by atoms with E-state index in [1.165, 1.54) is 54.7 Å². The third kappa shape index (κ3) is 5.93. The number of rotatable bonds is 7. The lowest BCUT2D eigenvalue weighted by Gasteiger charge is -2.34. The maximum atomic E-state index is 13.2. The number of carbonyl (C=O) groups excluding carboxylic acids is 2. The highest BCUT2D eigenvalue weighted by Gasteiger charge is 2.31. The van der Waals surface area contributed by atoms with Crippen molar-refractivity contribution in [1.82, 2.24) is 15.2 Å². The van der Waals surface area contributed by atoms with Gasteiger partial charge < -0.3 is 10.2 Å². The van der Waals surface area contributed by atoms with E-state index < -0.39 is 0 Å². The molecular weight excluding hydrogens is 449 g/mol. The molecule has 2 heterocycles. The van der Waals surface area contributed by atoms with E-state index in [0.29, 0.717) is 30.2 Å². The number of amides is 2. The Bertz CT molecular complexity index is 1040. The first kappa shape index (κ1) is 24.6. The zero-order valence-electron chi connectivity index (χ0n) is 20.1. The second-order valence-corrected chi connectivity index (χ2v) is 10.5. The molecule has 0 unspecified atom stereocenters. The van der Waals surface area contributed by atoms with Gasteiger partial charge in [0.25, 0.3) is 5.91 Å². The van der Waals surface area contributed by atoms with Crippen molar-refractivity contribution in [2.45, 2.75) is 58.8 Å². The van der Waals surface area contributed by atoms with Crippen LogP contribution in [0, 0.1) is 24.6 Å². The topological polar surface area (TPSA) is 62.3 Å². The van der Waals surface area contributed by atoms with Crippen LogP contribution in [0.15, 0.2) is 35.9 Å². The summed E-state index contributed by atoms with van der Waals surface area (Å²) in [7, 11) is 0. The van der Waals surface area contributed by atoms with Gasteiger partial charge in [-0.1, -0.05) is 18.6 Å². The van der Waals surface area contributed by atoms with Gasteiger partial charge in [0.05, 0.1) is 5.69 Å². The number of allylic oxidation sites excluding steroid dienone is 1. The van der Waals surface area contributed by atoms with Crippen LogP contribution in [-0.2, 0) is 4.79 Å². The van der Waals surface area contributed by atoms with Crippen LogP contribution in [0.5, 0.6) is 0 Å². The normalized spacial score (nSPS) is 17.9. The Balaban J connectivity index is 1.27. The van der Waals surface area contributed by atoms with Crippen molar-refractivity contribution in [3.63, 3.8) is 0 Å². The fourth-order valence-electron chi connectivity index (χ4n) is 4.91. The Morgan fingerprint density at radius 2 is 1.94 bits per heavy atom. The summed E-state index contributed by atoms with van der Waals surface area (Å²) in [5.41, 5.74) is 3.00. The van der Waals surface area contributed by atoms with E-state index in [1.807, 2.05) is 18.7 Å². The number of likely N-dealkylation sites (tertiary alicyclic amines) is 1. The fraction of sp³-hybridized carbons (Fsp3) is 0.519. The SMILES string of the molecule is Cc1nc(-c2ccc(F)cc2)sc1C(=O)N1CCC([C@@H](C)C(=O)NCCC2=CCCCC2)CC1. The number of carbonyl (C=O) groups is 2. The van der Waals surface area contributed by atoms with Gasteiger partial charge in [0, 0.05) is 31.1 Å². The minimum Gasteiger partial charge on any atom is -0.356 e. The van der Waals surface area contributed by atoms with Crippen molar-refractivity contribution in [2.75, 3.05) is 19.6 Å². The van der Waals surface area contributed by atoms with E-state index in [9.17, 15) is 14.0 Å². The molecule has 1 aliphatic heterocycles. The zero-order chi connectivity index (χ0) is 24.1. The molecule has 0 radical (unpaired) electrons. The van der Waals surface area contributed by atoms with E-state index in [4.69, 9.17) is 0 Å². The van der Waals surface area contributed by atoms with Crippen molar-refractivity contribution in [2.24, 2.45) is 11.8 Å². The molecule has 1 aliphatic carbocycles. The second-order valence-electron chi connectivity index (χ2n) is 9.51. The van der Waals surface area contributed by atoms with Crippen LogP contribution < -0.4 is 5.32 Å². The summed E-state index contributed by atoms with van der Waals surface area (Å²) in [6, 6.07) is 6.18. The molecular formula is C27H34FN3O2S. The number of hydrogen-bond acceptors (Lipinski definition) is 4. The van der Waals surface area contributed by atoms with Gasteiger partial charge in [0.2, 0.25) is 5.91 Å². The number of aryl methyl sites for hydroxylation is 1. The summed E-state index contributed by atoms with van der Waals surface area (Å²) in [4.78, 5) is 32.9. The van der Waals surface area contributed by atoms with Gasteiger partial charge in [-0.05, 0) is 82.1 Å². The lowest BCUT2D eigenvalue weighted by atomic mass is 9.84. The highest BCUT2D eigenvalue weighted by molar-refractivity contribution is 7.17. The van der Waals surface area contributed by atoms with Crippen molar-refractivity contribution >= 4 is 23.2 Å². The maximum absolute atomic E-state index is 13.2. The molecule has 5 nitrogen and oxygen atoms in total. The highest BCUT2D eigenvalue weighted by atomic mass is 32.1. The highest BCUT2D eigenvalue weighted by Crippen LogP contribution is 2.31. The molecule has 7 heteroatoms. The van der Waals surface area contributed by atoms with Gasteiger partial charge in [-0.3, -0.25) is 9.59 Å². The molecule has 4 rings (SSSR count). The predicted octanol–water partition coefficient (Wildman–Crippen LogP) is 5.75. The summed E-state index contributed by atoms with van der Waals surface area (Å²) >= 11 is 1.36. The Labute approximate surface area is 205 Å². The van der Waals surface area contributed by atoms with Crippen molar-refractivity contribution in [3.05, 3.63) is 52.3 Å². The number of thiazole rings is 1. The molecule has 0 spiro atoms. The van der Waals surface area contributed by atoms with Crippen molar-refractivity contribution < 1.29 is 14.0 Å². The monoisotopic (exact) mass is 483 g/mol. The molecule has 2 aliphatic rings. The van der Waals surface area contributed by atoms with Crippen LogP contribution >= 0.6 is 11.3 Å². The Morgan fingerprint density at radius 1 is 1.21 bits per heavy atom. The lowest BCUT2D eigenvalue weighted by Crippen LogP contribution is -2.42. The summed E-state index contributed by atoms with van der Waals surface area (Å²) in [6.07, 6.45) is 9.84. The van der Waals surface area contributed by atoms with E-state index in [1.54, 1.807) is 12.1 Å². The molecule has 182 valence electrons. The number of piperidine rings is 1. The molecule has 1 aromatic carbocycles. The average Bonchev–Trinajstić information content (AvgIpc) is 3.25. The van der Waals surface area contributed by atoms with Gasteiger partial charge in [-0.25, -0.2) is 9.37 Å². The van der Waals surface area contributed by atoms with Crippen LogP contribution in [0.4, 0.5) is 4.39 Å². The van der Waals surface area contributed by atoms with Crippen LogP contribution in [0.3, 0.4) is 0 Å². The van der Waals surface area contributed by atoms with Gasteiger partial charge in [-0.15, -0.1) is 11.3 Å². The molecule has 2 aromatic rings. The zero-order valence-corrected chi connectivity index (χ0v) is 20.9. The third-order valence-corrected chi connectivity index (χ3v) is 8.35. The molecule has 1 N–H and O–H groups in total. The summed E-state index contributed by atoms with van der Waals surface area (Å²) in [6.45, 7) is 5.88. The number of nitrogens with zero attached hydrogens (tertiary/aromatic N) is 2. The van der Waals surface area contributed by atoms with E-state index >= 15 is 0 Å². The average molecular weight is 484 g/mol. The molecule has 34 heavy (non-hydrogen) atoms. The van der Waals surface area contributed by atoms with Gasteiger partial charge in [-0.2, -0.15) is 0 Å². The molecule has 0 saturated carbocycles. The molecule has 0 bridgehead atoms. The minimum absolute atomic E-state index is 0.000303. The first-order chi connectivity index (χ1) is 16.4. The van der Waals surface area contributed by atoms with E-state index in [2.05, 4.69) is 16.4 Å². The molecule has 1 aromatic heterocycles. The molecule has 1 atom stereocenters. The first-order valence-corrected chi connectivity index (χ1v) is 13.2. The van der Waals surface area contributed by atoms with Gasteiger partial charge in [0.15, 0.2) is 0 Å². The lowest BCUT2D eigenvalue weighted by molar-refractivity contribution is -0.126. The number of halogens is 1. The Hall–Kier alpha value is -2.54. The summed E-state index contributed by atoms with van der Waals surface area (Å²) < 4.78 is 13.2. The quantitative estimate of drug-likeness (QED) is 0.510. The molecule has 1 saturated heterocycles.